The molecular formula is C15H21Cl2NS. The highest BCUT2D eigenvalue weighted by atomic mass is 35.5. The molecule has 2 unspecified atom stereocenters. The summed E-state index contributed by atoms with van der Waals surface area (Å²) < 4.78 is 0. The third-order valence-corrected chi connectivity index (χ3v) is 6.20. The molecule has 1 heterocycles. The van der Waals surface area contributed by atoms with E-state index in [4.69, 9.17) is 23.2 Å². The number of aryl methyl sites for hydroxylation is 1. The van der Waals surface area contributed by atoms with Gasteiger partial charge in [-0.05, 0) is 37.1 Å². The van der Waals surface area contributed by atoms with Gasteiger partial charge in [0.25, 0.3) is 0 Å². The molecule has 0 saturated carbocycles. The van der Waals surface area contributed by atoms with Gasteiger partial charge in [-0.15, -0.1) is 35.0 Å². The molecule has 0 spiro atoms. The smallest absolute Gasteiger partial charge is 0.118 e. The Bertz CT molecular complexity index is 450. The van der Waals surface area contributed by atoms with E-state index in [-0.39, 0.29) is 11.5 Å². The maximum absolute atomic E-state index is 6.32. The molecule has 0 amide bonds. The molecule has 0 saturated heterocycles. The van der Waals surface area contributed by atoms with Gasteiger partial charge in [0, 0.05) is 22.1 Å². The zero-order valence-corrected chi connectivity index (χ0v) is 14.0. The standard InChI is InChI=1S/C15H21Cl2NS/c1-4-18-10(2)15(3,14(16)17)12-5-6-13-11(9-12)7-8-19-13/h5-6,9-10,14,18H,4,7-8H2,1-3H3. The molecule has 0 radical (unpaired) electrons. The second kappa shape index (κ2) is 6.26. The van der Waals surface area contributed by atoms with Gasteiger partial charge in [-0.25, -0.2) is 0 Å². The lowest BCUT2D eigenvalue weighted by molar-refractivity contribution is 0.358. The molecule has 106 valence electrons. The van der Waals surface area contributed by atoms with E-state index in [0.717, 1.165) is 13.0 Å². The van der Waals surface area contributed by atoms with Gasteiger partial charge >= 0.3 is 0 Å². The first kappa shape index (κ1) is 15.5. The Labute approximate surface area is 130 Å². The Morgan fingerprint density at radius 2 is 2.16 bits per heavy atom. The third-order valence-electron chi connectivity index (χ3n) is 4.17. The summed E-state index contributed by atoms with van der Waals surface area (Å²) in [7, 11) is 0. The second-order valence-electron chi connectivity index (χ2n) is 5.28. The third kappa shape index (κ3) is 2.92. The SMILES string of the molecule is CCNC(C)C(C)(c1ccc2c(c1)CCS2)C(Cl)Cl. The van der Waals surface area contributed by atoms with Gasteiger partial charge in [-0.3, -0.25) is 0 Å². The van der Waals surface area contributed by atoms with Gasteiger partial charge in [-0.2, -0.15) is 0 Å². The van der Waals surface area contributed by atoms with Crippen LogP contribution >= 0.6 is 35.0 Å². The number of hydrogen-bond donors (Lipinski definition) is 1. The monoisotopic (exact) mass is 317 g/mol. The van der Waals surface area contributed by atoms with E-state index in [2.05, 4.69) is 44.3 Å². The van der Waals surface area contributed by atoms with Gasteiger partial charge in [0.05, 0.1) is 0 Å². The fourth-order valence-electron chi connectivity index (χ4n) is 2.60. The van der Waals surface area contributed by atoms with Gasteiger partial charge in [0.2, 0.25) is 0 Å². The van der Waals surface area contributed by atoms with Crippen molar-refractivity contribution in [3.05, 3.63) is 29.3 Å². The van der Waals surface area contributed by atoms with Crippen LogP contribution in [-0.4, -0.2) is 23.2 Å². The summed E-state index contributed by atoms with van der Waals surface area (Å²) >= 11 is 14.6. The number of rotatable bonds is 5. The zero-order chi connectivity index (χ0) is 14.0. The summed E-state index contributed by atoms with van der Waals surface area (Å²) in [4.78, 5) is 0.969. The van der Waals surface area contributed by atoms with Crippen molar-refractivity contribution in [1.29, 1.82) is 0 Å². The normalized spacial score (nSPS) is 19.3. The summed E-state index contributed by atoms with van der Waals surface area (Å²) in [5, 5.41) is 3.46. The van der Waals surface area contributed by atoms with Gasteiger partial charge in [-0.1, -0.05) is 26.0 Å². The van der Waals surface area contributed by atoms with Crippen molar-refractivity contribution < 1.29 is 0 Å². The van der Waals surface area contributed by atoms with Crippen LogP contribution in [0.15, 0.2) is 23.1 Å². The summed E-state index contributed by atoms with van der Waals surface area (Å²) in [5.74, 6) is 1.18. The van der Waals surface area contributed by atoms with E-state index in [1.165, 1.54) is 21.8 Å². The summed E-state index contributed by atoms with van der Waals surface area (Å²) in [6, 6.07) is 6.92. The largest absolute Gasteiger partial charge is 0.314 e. The number of benzene rings is 1. The zero-order valence-electron chi connectivity index (χ0n) is 11.7. The molecule has 0 fully saturated rings. The number of likely N-dealkylation sites (N-methyl/N-ethyl adjacent to an activating group) is 1. The van der Waals surface area contributed by atoms with Crippen LogP contribution in [-0.2, 0) is 11.8 Å². The Balaban J connectivity index is 2.38. The Hall–Kier alpha value is 0.110. The highest BCUT2D eigenvalue weighted by Gasteiger charge is 2.39. The molecule has 1 aliphatic rings. The molecule has 19 heavy (non-hydrogen) atoms. The van der Waals surface area contributed by atoms with Crippen LogP contribution in [0.25, 0.3) is 0 Å². The van der Waals surface area contributed by atoms with Crippen molar-refractivity contribution in [2.45, 2.75) is 48.4 Å². The fourth-order valence-corrected chi connectivity index (χ4v) is 4.29. The molecule has 0 bridgehead atoms. The molecule has 0 aromatic heterocycles. The maximum Gasteiger partial charge on any atom is 0.118 e. The van der Waals surface area contributed by atoms with Crippen molar-refractivity contribution in [3.63, 3.8) is 0 Å². The van der Waals surface area contributed by atoms with Crippen LogP contribution in [0.1, 0.15) is 31.9 Å². The number of thioether (sulfide) groups is 1. The van der Waals surface area contributed by atoms with Crippen LogP contribution in [0.5, 0.6) is 0 Å². The minimum absolute atomic E-state index is 0.226. The van der Waals surface area contributed by atoms with Crippen molar-refractivity contribution in [1.82, 2.24) is 5.32 Å². The van der Waals surface area contributed by atoms with Gasteiger partial charge in [0.15, 0.2) is 0 Å². The summed E-state index contributed by atoms with van der Waals surface area (Å²) in [6.45, 7) is 7.32. The van der Waals surface area contributed by atoms with Crippen LogP contribution < -0.4 is 5.32 Å². The molecular weight excluding hydrogens is 297 g/mol. The average molecular weight is 318 g/mol. The number of hydrogen-bond acceptors (Lipinski definition) is 2. The predicted molar refractivity (Wildman–Crippen MR) is 86.9 cm³/mol. The molecule has 4 heteroatoms. The first-order valence-corrected chi connectivity index (χ1v) is 8.63. The van der Waals surface area contributed by atoms with Crippen molar-refractivity contribution in [3.8, 4) is 0 Å². The molecule has 0 aliphatic carbocycles. The van der Waals surface area contributed by atoms with E-state index in [9.17, 15) is 0 Å². The molecule has 2 atom stereocenters. The van der Waals surface area contributed by atoms with Crippen LogP contribution in [0.4, 0.5) is 0 Å². The topological polar surface area (TPSA) is 12.0 Å². The number of halogens is 2. The maximum atomic E-state index is 6.32. The number of fused-ring (bicyclic) bond motifs is 1. The number of alkyl halides is 2. The second-order valence-corrected chi connectivity index (χ2v) is 7.52. The Morgan fingerprint density at radius 3 is 2.79 bits per heavy atom. The minimum atomic E-state index is -0.436. The molecule has 1 N–H and O–H groups in total. The Morgan fingerprint density at radius 1 is 1.42 bits per heavy atom. The average Bonchev–Trinajstić information content (AvgIpc) is 2.84. The van der Waals surface area contributed by atoms with Crippen molar-refractivity contribution >= 4 is 35.0 Å². The quantitative estimate of drug-likeness (QED) is 0.808. The van der Waals surface area contributed by atoms with Gasteiger partial charge < -0.3 is 5.32 Å². The van der Waals surface area contributed by atoms with E-state index in [1.807, 2.05) is 11.8 Å². The Kier molecular flexibility index (Phi) is 5.10. The highest BCUT2D eigenvalue weighted by Crippen LogP contribution is 2.40. The van der Waals surface area contributed by atoms with Crippen LogP contribution in [0, 0.1) is 0 Å². The molecule has 1 aromatic rings. The van der Waals surface area contributed by atoms with Crippen LogP contribution in [0.2, 0.25) is 0 Å². The lowest BCUT2D eigenvalue weighted by atomic mass is 9.77. The van der Waals surface area contributed by atoms with E-state index < -0.39 is 4.84 Å². The minimum Gasteiger partial charge on any atom is -0.314 e. The first-order chi connectivity index (χ1) is 9.00. The van der Waals surface area contributed by atoms with E-state index >= 15 is 0 Å². The number of nitrogens with one attached hydrogen (secondary N) is 1. The lowest BCUT2D eigenvalue weighted by Crippen LogP contribution is -2.48. The lowest BCUT2D eigenvalue weighted by Gasteiger charge is -2.38. The van der Waals surface area contributed by atoms with E-state index in [0.29, 0.717) is 0 Å². The fraction of sp³-hybridized carbons (Fsp3) is 0.600. The van der Waals surface area contributed by atoms with E-state index in [1.54, 1.807) is 0 Å². The molecule has 1 aromatic carbocycles. The van der Waals surface area contributed by atoms with Crippen molar-refractivity contribution in [2.24, 2.45) is 0 Å². The first-order valence-electron chi connectivity index (χ1n) is 6.77. The summed E-state index contributed by atoms with van der Waals surface area (Å²) in [6.07, 6.45) is 1.15. The summed E-state index contributed by atoms with van der Waals surface area (Å²) in [5.41, 5.74) is 2.39. The molecule has 1 nitrogen and oxygen atoms in total. The van der Waals surface area contributed by atoms with Crippen molar-refractivity contribution in [2.75, 3.05) is 12.3 Å². The van der Waals surface area contributed by atoms with Gasteiger partial charge in [0.1, 0.15) is 4.84 Å². The highest BCUT2D eigenvalue weighted by molar-refractivity contribution is 7.99. The van der Waals surface area contributed by atoms with Crippen LogP contribution in [0.3, 0.4) is 0 Å². The molecule has 2 rings (SSSR count). The molecule has 1 aliphatic heterocycles. The predicted octanol–water partition coefficient (Wildman–Crippen LogP) is 4.39.